The van der Waals surface area contributed by atoms with Crippen LogP contribution < -0.4 is 5.32 Å². The maximum Gasteiger partial charge on any atom is 0.253 e. The summed E-state index contributed by atoms with van der Waals surface area (Å²) < 4.78 is 27.6. The molecule has 1 saturated heterocycles. The van der Waals surface area contributed by atoms with Crippen LogP contribution in [0.25, 0.3) is 0 Å². The zero-order chi connectivity index (χ0) is 13.2. The lowest BCUT2D eigenvalue weighted by atomic mass is 9.98. The molecule has 0 aromatic carbocycles. The van der Waals surface area contributed by atoms with Gasteiger partial charge in [-0.3, -0.25) is 0 Å². The Morgan fingerprint density at radius 2 is 2.11 bits per heavy atom. The van der Waals surface area contributed by atoms with E-state index in [4.69, 9.17) is 0 Å². The topological polar surface area (TPSA) is 49.4 Å². The highest BCUT2D eigenvalue weighted by Gasteiger charge is 2.31. The molecule has 4 nitrogen and oxygen atoms in total. The third-order valence-electron chi connectivity index (χ3n) is 3.22. The second-order valence-electron chi connectivity index (χ2n) is 4.46. The van der Waals surface area contributed by atoms with Crippen molar-refractivity contribution in [1.29, 1.82) is 0 Å². The standard InChI is InChI=1S/C11H17BrN2O2S2.ClH/c1-13-8-9-2-5-14(6-3-9)18(15,16)11-10(12)4-7-17-11;/h4,7,9,13H,2-3,5-6,8H2,1H3;1H. The predicted octanol–water partition coefficient (Wildman–Crippen LogP) is 2.55. The van der Waals surface area contributed by atoms with Crippen molar-refractivity contribution < 1.29 is 8.42 Å². The molecule has 0 spiro atoms. The van der Waals surface area contributed by atoms with Gasteiger partial charge in [-0.05, 0) is 59.7 Å². The molecule has 2 heterocycles. The van der Waals surface area contributed by atoms with Crippen molar-refractivity contribution in [3.05, 3.63) is 15.9 Å². The molecule has 0 atom stereocenters. The van der Waals surface area contributed by atoms with Crippen LogP contribution in [-0.2, 0) is 10.0 Å². The minimum Gasteiger partial charge on any atom is -0.319 e. The number of nitrogens with one attached hydrogen (secondary N) is 1. The van der Waals surface area contributed by atoms with Crippen LogP contribution in [-0.4, -0.2) is 39.4 Å². The minimum absolute atomic E-state index is 0. The highest BCUT2D eigenvalue weighted by Crippen LogP contribution is 2.32. The molecule has 1 aliphatic heterocycles. The zero-order valence-electron chi connectivity index (χ0n) is 10.6. The van der Waals surface area contributed by atoms with Crippen LogP contribution in [0.4, 0.5) is 0 Å². The van der Waals surface area contributed by atoms with Crippen LogP contribution >= 0.6 is 39.7 Å². The van der Waals surface area contributed by atoms with Gasteiger partial charge in [0, 0.05) is 17.6 Å². The Bertz CT molecular complexity index is 499. The van der Waals surface area contributed by atoms with Crippen molar-refractivity contribution >= 4 is 49.7 Å². The first kappa shape index (κ1) is 17.4. The Hall–Kier alpha value is 0.340. The lowest BCUT2D eigenvalue weighted by Gasteiger charge is -2.30. The smallest absolute Gasteiger partial charge is 0.253 e. The summed E-state index contributed by atoms with van der Waals surface area (Å²) in [5, 5.41) is 4.95. The Labute approximate surface area is 133 Å². The Kier molecular flexibility index (Phi) is 6.75. The van der Waals surface area contributed by atoms with E-state index in [1.807, 2.05) is 7.05 Å². The minimum atomic E-state index is -3.30. The predicted molar refractivity (Wildman–Crippen MR) is 84.7 cm³/mol. The third-order valence-corrected chi connectivity index (χ3v) is 7.77. The van der Waals surface area contributed by atoms with Crippen LogP contribution in [0.1, 0.15) is 12.8 Å². The normalized spacial score (nSPS) is 18.2. The summed E-state index contributed by atoms with van der Waals surface area (Å²) in [4.78, 5) is 0. The molecule has 19 heavy (non-hydrogen) atoms. The summed E-state index contributed by atoms with van der Waals surface area (Å²) in [6.45, 7) is 2.22. The average molecular weight is 390 g/mol. The molecule has 0 amide bonds. The van der Waals surface area contributed by atoms with E-state index in [0.717, 1.165) is 19.4 Å². The molecule has 2 rings (SSSR count). The van der Waals surface area contributed by atoms with Gasteiger partial charge < -0.3 is 5.32 Å². The average Bonchev–Trinajstić information content (AvgIpc) is 2.77. The summed E-state index contributed by atoms with van der Waals surface area (Å²) in [5.74, 6) is 0.591. The van der Waals surface area contributed by atoms with Gasteiger partial charge in [-0.15, -0.1) is 23.7 Å². The molecule has 110 valence electrons. The van der Waals surface area contributed by atoms with Crippen LogP contribution in [0.5, 0.6) is 0 Å². The molecule has 1 aliphatic rings. The first-order valence-electron chi connectivity index (χ1n) is 5.93. The fourth-order valence-corrected chi connectivity index (χ4v) is 6.14. The molecule has 0 aliphatic carbocycles. The van der Waals surface area contributed by atoms with E-state index in [2.05, 4.69) is 21.2 Å². The fraction of sp³-hybridized carbons (Fsp3) is 0.636. The molecule has 1 aromatic heterocycles. The van der Waals surface area contributed by atoms with Gasteiger partial charge in [0.2, 0.25) is 0 Å². The Morgan fingerprint density at radius 1 is 1.47 bits per heavy atom. The molecule has 8 heteroatoms. The molecular weight excluding hydrogens is 372 g/mol. The monoisotopic (exact) mass is 388 g/mol. The van der Waals surface area contributed by atoms with Crippen LogP contribution in [0, 0.1) is 5.92 Å². The van der Waals surface area contributed by atoms with Gasteiger partial charge in [0.1, 0.15) is 4.21 Å². The molecule has 1 N–H and O–H groups in total. The molecular formula is C11H18BrClN2O2S2. The number of nitrogens with zero attached hydrogens (tertiary/aromatic N) is 1. The molecule has 0 radical (unpaired) electrons. The van der Waals surface area contributed by atoms with Gasteiger partial charge in [-0.2, -0.15) is 4.31 Å². The van der Waals surface area contributed by atoms with Crippen molar-refractivity contribution in [3.63, 3.8) is 0 Å². The van der Waals surface area contributed by atoms with Crippen molar-refractivity contribution in [2.45, 2.75) is 17.1 Å². The summed E-state index contributed by atoms with van der Waals surface area (Å²) in [6, 6.07) is 1.78. The van der Waals surface area contributed by atoms with Crippen LogP contribution in [0.2, 0.25) is 0 Å². The number of thiophene rings is 1. The SMILES string of the molecule is CNCC1CCN(S(=O)(=O)c2sccc2Br)CC1.Cl. The van der Waals surface area contributed by atoms with Crippen LogP contribution in [0.3, 0.4) is 0 Å². The Morgan fingerprint density at radius 3 is 2.58 bits per heavy atom. The Balaban J connectivity index is 0.00000180. The quantitative estimate of drug-likeness (QED) is 0.861. The molecule has 0 unspecified atom stereocenters. The van der Waals surface area contributed by atoms with E-state index in [1.165, 1.54) is 11.3 Å². The van der Waals surface area contributed by atoms with Gasteiger partial charge in [0.15, 0.2) is 0 Å². The summed E-state index contributed by atoms with van der Waals surface area (Å²) >= 11 is 4.57. The molecule has 0 bridgehead atoms. The van der Waals surface area contributed by atoms with Crippen molar-refractivity contribution in [3.8, 4) is 0 Å². The van der Waals surface area contributed by atoms with Gasteiger partial charge in [0.05, 0.1) is 0 Å². The number of sulfonamides is 1. The fourth-order valence-electron chi connectivity index (χ4n) is 2.22. The third kappa shape index (κ3) is 3.92. The number of halogens is 2. The second kappa shape index (κ2) is 7.38. The van der Waals surface area contributed by atoms with Gasteiger partial charge in [0.25, 0.3) is 10.0 Å². The first-order chi connectivity index (χ1) is 8.55. The lowest BCUT2D eigenvalue weighted by molar-refractivity contribution is 0.271. The van der Waals surface area contributed by atoms with Crippen molar-refractivity contribution in [2.75, 3.05) is 26.7 Å². The molecule has 1 aromatic rings. The van der Waals surface area contributed by atoms with E-state index in [-0.39, 0.29) is 12.4 Å². The van der Waals surface area contributed by atoms with E-state index in [1.54, 1.807) is 15.8 Å². The second-order valence-corrected chi connectivity index (χ2v) is 8.36. The maximum absolute atomic E-state index is 12.4. The number of hydrogen-bond acceptors (Lipinski definition) is 4. The van der Waals surface area contributed by atoms with Gasteiger partial charge >= 0.3 is 0 Å². The summed E-state index contributed by atoms with van der Waals surface area (Å²) in [6.07, 6.45) is 1.87. The lowest BCUT2D eigenvalue weighted by Crippen LogP contribution is -2.40. The molecule has 0 saturated carbocycles. The van der Waals surface area contributed by atoms with Crippen LogP contribution in [0.15, 0.2) is 20.1 Å². The number of piperidine rings is 1. The summed E-state index contributed by atoms with van der Waals surface area (Å²) in [5.41, 5.74) is 0. The van der Waals surface area contributed by atoms with Gasteiger partial charge in [-0.25, -0.2) is 8.42 Å². The maximum atomic E-state index is 12.4. The van der Waals surface area contributed by atoms with E-state index in [9.17, 15) is 8.42 Å². The van der Waals surface area contributed by atoms with Crippen molar-refractivity contribution in [1.82, 2.24) is 9.62 Å². The van der Waals surface area contributed by atoms with E-state index < -0.39 is 10.0 Å². The largest absolute Gasteiger partial charge is 0.319 e. The zero-order valence-corrected chi connectivity index (χ0v) is 14.7. The molecule has 1 fully saturated rings. The van der Waals surface area contributed by atoms with E-state index >= 15 is 0 Å². The summed E-state index contributed by atoms with van der Waals surface area (Å²) in [7, 11) is -1.37. The number of rotatable bonds is 4. The van der Waals surface area contributed by atoms with Crippen molar-refractivity contribution in [2.24, 2.45) is 5.92 Å². The highest BCUT2D eigenvalue weighted by molar-refractivity contribution is 9.10. The first-order valence-corrected chi connectivity index (χ1v) is 9.04. The van der Waals surface area contributed by atoms with Gasteiger partial charge in [-0.1, -0.05) is 0 Å². The number of hydrogen-bond donors (Lipinski definition) is 1. The highest BCUT2D eigenvalue weighted by atomic mass is 79.9. The van der Waals surface area contributed by atoms with E-state index in [0.29, 0.717) is 27.7 Å².